The van der Waals surface area contributed by atoms with Crippen LogP contribution < -0.4 is 5.32 Å². The predicted octanol–water partition coefficient (Wildman–Crippen LogP) is 4.82. The molecule has 0 spiro atoms. The average molecular weight is 348 g/mol. The monoisotopic (exact) mass is 347 g/mol. The smallest absolute Gasteiger partial charge is 0.0608 e. The Hall–Kier alpha value is -0.780. The van der Waals surface area contributed by atoms with Gasteiger partial charge in [0.15, 0.2) is 0 Å². The number of hydrogen-bond donors (Lipinski definition) is 1. The van der Waals surface area contributed by atoms with Crippen LogP contribution in [0.3, 0.4) is 0 Å². The van der Waals surface area contributed by atoms with E-state index in [1.807, 2.05) is 0 Å². The van der Waals surface area contributed by atoms with E-state index in [0.717, 1.165) is 19.0 Å². The zero-order chi connectivity index (χ0) is 15.2. The number of rotatable bonds is 6. The molecular formula is C19H26BrN. The summed E-state index contributed by atoms with van der Waals surface area (Å²) in [5.41, 5.74) is 1.39. The summed E-state index contributed by atoms with van der Waals surface area (Å²) < 4.78 is 1.21. The highest BCUT2D eigenvalue weighted by Gasteiger charge is 2.22. The highest BCUT2D eigenvalue weighted by Crippen LogP contribution is 2.29. The van der Waals surface area contributed by atoms with Crippen LogP contribution in [0.25, 0.3) is 0 Å². The van der Waals surface area contributed by atoms with Gasteiger partial charge in [0.2, 0.25) is 0 Å². The summed E-state index contributed by atoms with van der Waals surface area (Å²) in [7, 11) is 0. The SMILES string of the molecule is C/C=C(/CNC1CC1)C1C#CC(C(C)CC)/C(Br)=C\C=C/1. The highest BCUT2D eigenvalue weighted by molar-refractivity contribution is 9.11. The molecule has 0 aromatic heterocycles. The summed E-state index contributed by atoms with van der Waals surface area (Å²) in [6.07, 6.45) is 12.6. The molecule has 0 saturated heterocycles. The highest BCUT2D eigenvalue weighted by atomic mass is 79.9. The molecule has 2 aliphatic rings. The second-order valence-electron chi connectivity index (χ2n) is 6.08. The summed E-state index contributed by atoms with van der Waals surface area (Å²) in [6, 6.07) is 0.743. The molecule has 0 radical (unpaired) electrons. The standard InChI is InChI=1S/C19H26BrN/c1-4-14(3)18-12-9-16(7-6-8-19(18)20)15(5-2)13-21-17-10-11-17/h5-8,14,16-18,21H,4,10-11,13H2,1-3H3/b7-6-,15-5-,19-8+. The van der Waals surface area contributed by atoms with Crippen molar-refractivity contribution in [2.75, 3.05) is 6.54 Å². The molecule has 2 aliphatic carbocycles. The molecule has 1 N–H and O–H groups in total. The van der Waals surface area contributed by atoms with E-state index in [1.165, 1.54) is 22.9 Å². The summed E-state index contributed by atoms with van der Waals surface area (Å²) >= 11 is 3.69. The van der Waals surface area contributed by atoms with Crippen molar-refractivity contribution in [2.45, 2.75) is 46.1 Å². The zero-order valence-electron chi connectivity index (χ0n) is 13.3. The number of hydrogen-bond acceptors (Lipinski definition) is 1. The first-order valence-electron chi connectivity index (χ1n) is 8.09. The Balaban J connectivity index is 2.12. The molecule has 1 fully saturated rings. The van der Waals surface area contributed by atoms with E-state index >= 15 is 0 Å². The van der Waals surface area contributed by atoms with Crippen molar-refractivity contribution in [1.29, 1.82) is 0 Å². The van der Waals surface area contributed by atoms with Crippen molar-refractivity contribution >= 4 is 15.9 Å². The molecular weight excluding hydrogens is 322 g/mol. The van der Waals surface area contributed by atoms with Gasteiger partial charge in [-0.2, -0.15) is 0 Å². The summed E-state index contributed by atoms with van der Waals surface area (Å²) in [5, 5.41) is 3.60. The molecule has 0 bridgehead atoms. The maximum absolute atomic E-state index is 3.69. The summed E-state index contributed by atoms with van der Waals surface area (Å²) in [5.74, 6) is 8.14. The number of nitrogens with one attached hydrogen (secondary N) is 1. The molecule has 21 heavy (non-hydrogen) atoms. The van der Waals surface area contributed by atoms with Gasteiger partial charge >= 0.3 is 0 Å². The second-order valence-corrected chi connectivity index (χ2v) is 7.00. The van der Waals surface area contributed by atoms with Crippen LogP contribution in [0, 0.1) is 29.6 Å². The maximum atomic E-state index is 3.69. The van der Waals surface area contributed by atoms with Crippen molar-refractivity contribution in [3.8, 4) is 11.8 Å². The van der Waals surface area contributed by atoms with Crippen LogP contribution >= 0.6 is 15.9 Å². The number of halogens is 1. The third-order valence-corrected chi connectivity index (χ3v) is 5.16. The summed E-state index contributed by atoms with van der Waals surface area (Å²) in [6.45, 7) is 7.59. The molecule has 0 heterocycles. The Kier molecular flexibility index (Phi) is 6.33. The largest absolute Gasteiger partial charge is 0.310 e. The van der Waals surface area contributed by atoms with Crippen LogP contribution in [-0.2, 0) is 0 Å². The fourth-order valence-corrected chi connectivity index (χ4v) is 3.18. The maximum Gasteiger partial charge on any atom is 0.0608 e. The topological polar surface area (TPSA) is 12.0 Å². The van der Waals surface area contributed by atoms with Crippen molar-refractivity contribution in [1.82, 2.24) is 5.32 Å². The molecule has 3 atom stereocenters. The summed E-state index contributed by atoms with van der Waals surface area (Å²) in [4.78, 5) is 0. The molecule has 1 saturated carbocycles. The Bertz CT molecular complexity index is 499. The van der Waals surface area contributed by atoms with Crippen LogP contribution in [0.2, 0.25) is 0 Å². The molecule has 114 valence electrons. The van der Waals surface area contributed by atoms with Gasteiger partial charge in [-0.15, -0.1) is 0 Å². The van der Waals surface area contributed by atoms with Gasteiger partial charge in [0, 0.05) is 17.1 Å². The van der Waals surface area contributed by atoms with Crippen LogP contribution in [0.1, 0.15) is 40.0 Å². The van der Waals surface area contributed by atoms with Crippen molar-refractivity contribution < 1.29 is 0 Å². The van der Waals surface area contributed by atoms with Gasteiger partial charge in [0.25, 0.3) is 0 Å². The lowest BCUT2D eigenvalue weighted by Crippen LogP contribution is -2.22. The minimum absolute atomic E-state index is 0.240. The fraction of sp³-hybridized carbons (Fsp3) is 0.579. The average Bonchev–Trinajstić information content (AvgIpc) is 3.28. The quantitative estimate of drug-likeness (QED) is 0.536. The van der Waals surface area contributed by atoms with Gasteiger partial charge < -0.3 is 5.32 Å². The van der Waals surface area contributed by atoms with E-state index in [-0.39, 0.29) is 5.92 Å². The van der Waals surface area contributed by atoms with Crippen LogP contribution in [-0.4, -0.2) is 12.6 Å². The van der Waals surface area contributed by atoms with Gasteiger partial charge in [0.05, 0.1) is 11.8 Å². The first-order valence-corrected chi connectivity index (χ1v) is 8.88. The van der Waals surface area contributed by atoms with Gasteiger partial charge in [-0.1, -0.05) is 72.3 Å². The van der Waals surface area contributed by atoms with Crippen LogP contribution in [0.15, 0.2) is 34.4 Å². The van der Waals surface area contributed by atoms with E-state index < -0.39 is 0 Å². The predicted molar refractivity (Wildman–Crippen MR) is 95.1 cm³/mol. The van der Waals surface area contributed by atoms with E-state index in [2.05, 4.69) is 78.2 Å². The molecule has 1 nitrogen and oxygen atoms in total. The minimum Gasteiger partial charge on any atom is -0.310 e. The van der Waals surface area contributed by atoms with Gasteiger partial charge in [-0.3, -0.25) is 0 Å². The Morgan fingerprint density at radius 3 is 2.86 bits per heavy atom. The lowest BCUT2D eigenvalue weighted by atomic mass is 9.89. The molecule has 0 aliphatic heterocycles. The third kappa shape index (κ3) is 4.87. The third-order valence-electron chi connectivity index (χ3n) is 4.41. The normalized spacial score (nSPS) is 31.2. The van der Waals surface area contributed by atoms with E-state index in [4.69, 9.17) is 0 Å². The van der Waals surface area contributed by atoms with E-state index in [9.17, 15) is 0 Å². The lowest BCUT2D eigenvalue weighted by Gasteiger charge is -2.19. The molecule has 0 amide bonds. The number of allylic oxidation sites excluding steroid dienone is 5. The van der Waals surface area contributed by atoms with E-state index in [1.54, 1.807) is 0 Å². The second kappa shape index (κ2) is 8.01. The lowest BCUT2D eigenvalue weighted by molar-refractivity contribution is 0.490. The van der Waals surface area contributed by atoms with Gasteiger partial charge in [-0.05, 0) is 31.3 Å². The molecule has 2 rings (SSSR count). The molecule has 2 heteroatoms. The van der Waals surface area contributed by atoms with Crippen LogP contribution in [0.5, 0.6) is 0 Å². The molecule has 0 aromatic rings. The van der Waals surface area contributed by atoms with Crippen LogP contribution in [0.4, 0.5) is 0 Å². The van der Waals surface area contributed by atoms with Crippen molar-refractivity contribution in [3.63, 3.8) is 0 Å². The Morgan fingerprint density at radius 1 is 1.48 bits per heavy atom. The molecule has 3 unspecified atom stereocenters. The first-order chi connectivity index (χ1) is 10.2. The van der Waals surface area contributed by atoms with Gasteiger partial charge in [-0.25, -0.2) is 0 Å². The van der Waals surface area contributed by atoms with Crippen molar-refractivity contribution in [3.05, 3.63) is 34.4 Å². The Morgan fingerprint density at radius 2 is 2.24 bits per heavy atom. The first kappa shape index (κ1) is 16.6. The zero-order valence-corrected chi connectivity index (χ0v) is 14.9. The minimum atomic E-state index is 0.240. The van der Waals surface area contributed by atoms with E-state index in [0.29, 0.717) is 11.8 Å². The van der Waals surface area contributed by atoms with Crippen molar-refractivity contribution in [2.24, 2.45) is 17.8 Å². The molecule has 0 aromatic carbocycles. The Labute approximate surface area is 138 Å². The van der Waals surface area contributed by atoms with Gasteiger partial charge in [0.1, 0.15) is 0 Å². The fourth-order valence-electron chi connectivity index (χ4n) is 2.47.